The Kier molecular flexibility index (Phi) is 7.36. The molecule has 0 aromatic rings. The zero-order chi connectivity index (χ0) is 15.1. The van der Waals surface area contributed by atoms with Crippen molar-refractivity contribution in [2.75, 3.05) is 14.1 Å². The predicted molar refractivity (Wildman–Crippen MR) is 78.1 cm³/mol. The van der Waals surface area contributed by atoms with Crippen LogP contribution in [0.1, 0.15) is 33.6 Å². The lowest BCUT2D eigenvalue weighted by Gasteiger charge is -2.24. The fourth-order valence-electron chi connectivity index (χ4n) is 1.25. The Balaban J connectivity index is 4.61. The van der Waals surface area contributed by atoms with Crippen molar-refractivity contribution in [2.24, 2.45) is 0 Å². The lowest BCUT2D eigenvalue weighted by Crippen LogP contribution is -2.47. The summed E-state index contributed by atoms with van der Waals surface area (Å²) in [6.45, 7) is 5.33. The summed E-state index contributed by atoms with van der Waals surface area (Å²) >= 11 is 5.02. The number of urea groups is 1. The van der Waals surface area contributed by atoms with Crippen molar-refractivity contribution in [1.82, 2.24) is 16.0 Å². The summed E-state index contributed by atoms with van der Waals surface area (Å²) in [5.41, 5.74) is -0.594. The number of ether oxygens (including phenoxy) is 1. The van der Waals surface area contributed by atoms with Crippen LogP contribution in [0.3, 0.4) is 0 Å². The third-order valence-corrected chi connectivity index (χ3v) is 2.57. The molecule has 0 heterocycles. The number of amides is 2. The van der Waals surface area contributed by atoms with E-state index in [0.29, 0.717) is 17.8 Å². The fourth-order valence-corrected chi connectivity index (χ4v) is 1.37. The molecule has 0 bridgehead atoms. The SMILES string of the molecule is CNC(=O)NC(CCC(=S)NC)C(=O)OC(C)(C)C. The molecule has 19 heavy (non-hydrogen) atoms. The molecule has 0 spiro atoms. The van der Waals surface area contributed by atoms with Crippen LogP contribution in [0.15, 0.2) is 0 Å². The maximum absolute atomic E-state index is 12.0. The van der Waals surface area contributed by atoms with Crippen LogP contribution in [0.25, 0.3) is 0 Å². The van der Waals surface area contributed by atoms with Gasteiger partial charge in [0.05, 0.1) is 4.99 Å². The van der Waals surface area contributed by atoms with E-state index in [1.54, 1.807) is 27.8 Å². The first-order chi connectivity index (χ1) is 8.69. The summed E-state index contributed by atoms with van der Waals surface area (Å²) in [6, 6.07) is -1.14. The molecule has 0 saturated heterocycles. The van der Waals surface area contributed by atoms with Gasteiger partial charge in [-0.25, -0.2) is 9.59 Å². The minimum Gasteiger partial charge on any atom is -0.458 e. The summed E-state index contributed by atoms with van der Waals surface area (Å²) in [6.07, 6.45) is 0.891. The second-order valence-corrected chi connectivity index (χ2v) is 5.51. The van der Waals surface area contributed by atoms with E-state index in [4.69, 9.17) is 17.0 Å². The Morgan fingerprint density at radius 1 is 1.21 bits per heavy atom. The largest absolute Gasteiger partial charge is 0.458 e. The number of carbonyl (C=O) groups excluding carboxylic acids is 2. The van der Waals surface area contributed by atoms with Gasteiger partial charge in [-0.15, -0.1) is 0 Å². The van der Waals surface area contributed by atoms with Gasteiger partial charge in [0, 0.05) is 20.5 Å². The molecule has 0 aromatic heterocycles. The monoisotopic (exact) mass is 289 g/mol. The molecule has 0 rings (SSSR count). The molecule has 0 aliphatic heterocycles. The Bertz CT molecular complexity index is 340. The van der Waals surface area contributed by atoms with E-state index in [1.807, 2.05) is 0 Å². The second-order valence-electron chi connectivity index (χ2n) is 5.02. The van der Waals surface area contributed by atoms with Crippen molar-refractivity contribution in [3.8, 4) is 0 Å². The highest BCUT2D eigenvalue weighted by Gasteiger charge is 2.26. The fraction of sp³-hybridized carbons (Fsp3) is 0.750. The molecule has 0 aliphatic carbocycles. The molecule has 0 fully saturated rings. The van der Waals surface area contributed by atoms with E-state index >= 15 is 0 Å². The maximum Gasteiger partial charge on any atom is 0.329 e. The molecule has 3 N–H and O–H groups in total. The van der Waals surface area contributed by atoms with Crippen molar-refractivity contribution < 1.29 is 14.3 Å². The summed E-state index contributed by atoms with van der Waals surface area (Å²) in [4.78, 5) is 23.9. The van der Waals surface area contributed by atoms with E-state index in [0.717, 1.165) is 0 Å². The zero-order valence-corrected chi connectivity index (χ0v) is 12.9. The van der Waals surface area contributed by atoms with Gasteiger partial charge < -0.3 is 20.7 Å². The Labute approximate surface area is 119 Å². The molecule has 6 nitrogen and oxygen atoms in total. The van der Waals surface area contributed by atoms with E-state index in [2.05, 4.69) is 16.0 Å². The van der Waals surface area contributed by atoms with Crippen LogP contribution >= 0.6 is 12.2 Å². The summed E-state index contributed by atoms with van der Waals surface area (Å²) in [7, 11) is 3.21. The highest BCUT2D eigenvalue weighted by molar-refractivity contribution is 7.80. The Hall–Kier alpha value is -1.37. The normalized spacial score (nSPS) is 12.3. The van der Waals surface area contributed by atoms with Gasteiger partial charge in [-0.3, -0.25) is 0 Å². The van der Waals surface area contributed by atoms with Crippen LogP contribution in [-0.4, -0.2) is 42.7 Å². The van der Waals surface area contributed by atoms with Gasteiger partial charge in [-0.05, 0) is 27.2 Å². The highest BCUT2D eigenvalue weighted by atomic mass is 32.1. The quantitative estimate of drug-likeness (QED) is 0.519. The number of rotatable bonds is 5. The van der Waals surface area contributed by atoms with Gasteiger partial charge in [0.1, 0.15) is 11.6 Å². The average Bonchev–Trinajstić information content (AvgIpc) is 2.31. The highest BCUT2D eigenvalue weighted by Crippen LogP contribution is 2.11. The van der Waals surface area contributed by atoms with E-state index in [-0.39, 0.29) is 0 Å². The van der Waals surface area contributed by atoms with Gasteiger partial charge in [0.2, 0.25) is 0 Å². The molecule has 0 aliphatic rings. The molecule has 1 unspecified atom stereocenters. The first-order valence-corrected chi connectivity index (χ1v) is 6.52. The van der Waals surface area contributed by atoms with Crippen molar-refractivity contribution in [2.45, 2.75) is 45.3 Å². The lowest BCUT2D eigenvalue weighted by atomic mass is 10.1. The summed E-state index contributed by atoms with van der Waals surface area (Å²) in [5, 5.41) is 7.79. The van der Waals surface area contributed by atoms with Crippen molar-refractivity contribution in [1.29, 1.82) is 0 Å². The van der Waals surface area contributed by atoms with Crippen molar-refractivity contribution in [3.05, 3.63) is 0 Å². The second kappa shape index (κ2) is 7.93. The van der Waals surface area contributed by atoms with Crippen molar-refractivity contribution >= 4 is 29.2 Å². The number of nitrogens with one attached hydrogen (secondary N) is 3. The standard InChI is InChI=1S/C12H23N3O3S/c1-12(2,3)18-10(16)8(15-11(17)14-5)6-7-9(19)13-4/h8H,6-7H2,1-5H3,(H,13,19)(H2,14,15,17). The molecular formula is C12H23N3O3S. The van der Waals surface area contributed by atoms with Crippen LogP contribution in [0.2, 0.25) is 0 Å². The van der Waals surface area contributed by atoms with Crippen LogP contribution in [0.4, 0.5) is 4.79 Å². The molecule has 0 radical (unpaired) electrons. The molecular weight excluding hydrogens is 266 g/mol. The van der Waals surface area contributed by atoms with Gasteiger partial charge in [0.25, 0.3) is 0 Å². The minimum absolute atomic E-state index is 0.391. The van der Waals surface area contributed by atoms with Gasteiger partial charge in [0.15, 0.2) is 0 Å². The van der Waals surface area contributed by atoms with Gasteiger partial charge in [-0.2, -0.15) is 0 Å². The summed E-state index contributed by atoms with van der Waals surface area (Å²) in [5.74, 6) is -0.463. The average molecular weight is 289 g/mol. The predicted octanol–water partition coefficient (Wildman–Crippen LogP) is 0.953. The first kappa shape index (κ1) is 17.6. The van der Waals surface area contributed by atoms with Crippen LogP contribution in [0, 0.1) is 0 Å². The third-order valence-electron chi connectivity index (χ3n) is 2.16. The van der Waals surface area contributed by atoms with E-state index in [1.165, 1.54) is 7.05 Å². The zero-order valence-electron chi connectivity index (χ0n) is 12.1. The van der Waals surface area contributed by atoms with E-state index < -0.39 is 23.6 Å². The topological polar surface area (TPSA) is 79.5 Å². The Morgan fingerprint density at radius 3 is 2.21 bits per heavy atom. The number of hydrogen-bond acceptors (Lipinski definition) is 4. The molecule has 1 atom stereocenters. The molecule has 0 saturated carbocycles. The van der Waals surface area contributed by atoms with Crippen LogP contribution in [0.5, 0.6) is 0 Å². The maximum atomic E-state index is 12.0. The number of hydrogen-bond donors (Lipinski definition) is 3. The molecule has 0 aromatic carbocycles. The molecule has 7 heteroatoms. The van der Waals surface area contributed by atoms with Crippen LogP contribution in [-0.2, 0) is 9.53 Å². The van der Waals surface area contributed by atoms with Crippen LogP contribution < -0.4 is 16.0 Å². The summed E-state index contributed by atoms with van der Waals surface area (Å²) < 4.78 is 5.27. The lowest BCUT2D eigenvalue weighted by molar-refractivity contribution is -0.157. The molecule has 2 amide bonds. The number of thiocarbonyl (C=S) groups is 1. The van der Waals surface area contributed by atoms with Gasteiger partial charge in [-0.1, -0.05) is 12.2 Å². The number of esters is 1. The first-order valence-electron chi connectivity index (χ1n) is 6.11. The minimum atomic E-state index is -0.717. The van der Waals surface area contributed by atoms with E-state index in [9.17, 15) is 9.59 Å². The number of carbonyl (C=O) groups is 2. The van der Waals surface area contributed by atoms with Crippen molar-refractivity contribution in [3.63, 3.8) is 0 Å². The molecule has 110 valence electrons. The van der Waals surface area contributed by atoms with Gasteiger partial charge >= 0.3 is 12.0 Å². The smallest absolute Gasteiger partial charge is 0.329 e. The third kappa shape index (κ3) is 8.36. The Morgan fingerprint density at radius 2 is 1.79 bits per heavy atom.